The Balaban J connectivity index is 2.52. The van der Waals surface area contributed by atoms with Gasteiger partial charge in [-0.3, -0.25) is 4.98 Å². The van der Waals surface area contributed by atoms with E-state index in [1.807, 2.05) is 19.1 Å². The van der Waals surface area contributed by atoms with Crippen molar-refractivity contribution in [1.82, 2.24) is 10.3 Å². The molecule has 14 heavy (non-hydrogen) atoms. The van der Waals surface area contributed by atoms with Gasteiger partial charge in [0.05, 0.1) is 11.4 Å². The molecule has 0 unspecified atom stereocenters. The lowest BCUT2D eigenvalue weighted by molar-refractivity contribution is 0.846. The van der Waals surface area contributed by atoms with Crippen LogP contribution >= 0.6 is 12.2 Å². The number of thiocarbonyl (C=S) groups is 1. The van der Waals surface area contributed by atoms with Crippen LogP contribution in [0, 0.1) is 6.92 Å². The van der Waals surface area contributed by atoms with Crippen molar-refractivity contribution in [3.8, 4) is 0 Å². The Morgan fingerprint density at radius 2 is 2.36 bits per heavy atom. The summed E-state index contributed by atoms with van der Waals surface area (Å²) in [6, 6.07) is 3.85. The van der Waals surface area contributed by atoms with Gasteiger partial charge in [-0.1, -0.05) is 6.92 Å². The van der Waals surface area contributed by atoms with Gasteiger partial charge >= 0.3 is 0 Å². The fourth-order valence-corrected chi connectivity index (χ4v) is 1.23. The molecule has 76 valence electrons. The number of hydrogen-bond donors (Lipinski definition) is 2. The minimum Gasteiger partial charge on any atom is -0.362 e. The summed E-state index contributed by atoms with van der Waals surface area (Å²) in [5, 5.41) is 6.86. The zero-order valence-electron chi connectivity index (χ0n) is 8.50. The summed E-state index contributed by atoms with van der Waals surface area (Å²) in [5.74, 6) is 0. The molecular formula is C10H15N3S. The largest absolute Gasteiger partial charge is 0.362 e. The number of pyridine rings is 1. The summed E-state index contributed by atoms with van der Waals surface area (Å²) in [6.07, 6.45) is 2.83. The first-order chi connectivity index (χ1) is 6.74. The van der Waals surface area contributed by atoms with E-state index >= 15 is 0 Å². The molecule has 1 rings (SSSR count). The number of anilines is 1. The summed E-state index contributed by atoms with van der Waals surface area (Å²) in [5.41, 5.74) is 1.91. The molecule has 0 aromatic carbocycles. The Hall–Kier alpha value is -1.16. The van der Waals surface area contributed by atoms with Gasteiger partial charge in [0.1, 0.15) is 0 Å². The zero-order valence-corrected chi connectivity index (χ0v) is 9.32. The van der Waals surface area contributed by atoms with Crippen molar-refractivity contribution in [3.63, 3.8) is 0 Å². The average molecular weight is 209 g/mol. The highest BCUT2D eigenvalue weighted by atomic mass is 32.1. The molecule has 0 aliphatic heterocycles. The molecule has 0 amide bonds. The lowest BCUT2D eigenvalue weighted by Gasteiger charge is -2.10. The quantitative estimate of drug-likeness (QED) is 0.747. The molecule has 1 aromatic heterocycles. The zero-order chi connectivity index (χ0) is 10.4. The van der Waals surface area contributed by atoms with E-state index in [0.717, 1.165) is 24.3 Å². The monoisotopic (exact) mass is 209 g/mol. The number of nitrogens with one attached hydrogen (secondary N) is 2. The highest BCUT2D eigenvalue weighted by molar-refractivity contribution is 7.80. The molecular weight excluding hydrogens is 194 g/mol. The fraction of sp³-hybridized carbons (Fsp3) is 0.400. The van der Waals surface area contributed by atoms with E-state index < -0.39 is 0 Å². The standard InChI is InChI=1S/C10H15N3S/c1-3-6-12-10(14)13-9-5-4-7-11-8(9)2/h4-5,7H,3,6H2,1-2H3,(H2,12,13,14). The SMILES string of the molecule is CCCNC(=S)Nc1cccnc1C. The van der Waals surface area contributed by atoms with Crippen molar-refractivity contribution in [2.24, 2.45) is 0 Å². The fourth-order valence-electron chi connectivity index (χ4n) is 1.02. The first kappa shape index (κ1) is 10.9. The molecule has 0 bridgehead atoms. The Morgan fingerprint density at radius 3 is 3.00 bits per heavy atom. The summed E-state index contributed by atoms with van der Waals surface area (Å²) >= 11 is 5.11. The van der Waals surface area contributed by atoms with Gasteiger partial charge in [0.2, 0.25) is 0 Å². The van der Waals surface area contributed by atoms with Crippen molar-refractivity contribution < 1.29 is 0 Å². The van der Waals surface area contributed by atoms with E-state index in [1.165, 1.54) is 0 Å². The summed E-state index contributed by atoms with van der Waals surface area (Å²) in [4.78, 5) is 4.16. The van der Waals surface area contributed by atoms with Gasteiger partial charge in [-0.05, 0) is 37.7 Å². The normalized spacial score (nSPS) is 9.57. The number of aromatic nitrogens is 1. The Labute approximate surface area is 89.9 Å². The van der Waals surface area contributed by atoms with Crippen LogP contribution in [-0.2, 0) is 0 Å². The third-order valence-corrected chi connectivity index (χ3v) is 2.04. The summed E-state index contributed by atoms with van der Waals surface area (Å²) < 4.78 is 0. The van der Waals surface area contributed by atoms with Gasteiger partial charge in [-0.25, -0.2) is 0 Å². The summed E-state index contributed by atoms with van der Waals surface area (Å²) in [7, 11) is 0. The van der Waals surface area contributed by atoms with Crippen molar-refractivity contribution in [1.29, 1.82) is 0 Å². The van der Waals surface area contributed by atoms with Crippen LogP contribution < -0.4 is 10.6 Å². The van der Waals surface area contributed by atoms with Gasteiger partial charge in [0.25, 0.3) is 0 Å². The van der Waals surface area contributed by atoms with Gasteiger partial charge in [-0.2, -0.15) is 0 Å². The molecule has 1 aromatic rings. The minimum absolute atomic E-state index is 0.656. The van der Waals surface area contributed by atoms with Crippen molar-refractivity contribution in [2.75, 3.05) is 11.9 Å². The molecule has 0 radical (unpaired) electrons. The van der Waals surface area contributed by atoms with E-state index in [0.29, 0.717) is 5.11 Å². The molecule has 4 heteroatoms. The number of hydrogen-bond acceptors (Lipinski definition) is 2. The second kappa shape index (κ2) is 5.54. The van der Waals surface area contributed by atoms with Crippen LogP contribution in [0.1, 0.15) is 19.0 Å². The molecule has 0 saturated heterocycles. The minimum atomic E-state index is 0.656. The van der Waals surface area contributed by atoms with E-state index in [-0.39, 0.29) is 0 Å². The second-order valence-electron chi connectivity index (χ2n) is 3.02. The van der Waals surface area contributed by atoms with Gasteiger partial charge in [-0.15, -0.1) is 0 Å². The molecule has 3 nitrogen and oxygen atoms in total. The predicted molar refractivity (Wildman–Crippen MR) is 63.5 cm³/mol. The van der Waals surface area contributed by atoms with Crippen LogP contribution in [0.2, 0.25) is 0 Å². The van der Waals surface area contributed by atoms with Crippen molar-refractivity contribution >= 4 is 23.0 Å². The van der Waals surface area contributed by atoms with Crippen molar-refractivity contribution in [3.05, 3.63) is 24.0 Å². The van der Waals surface area contributed by atoms with Crippen LogP contribution in [0.15, 0.2) is 18.3 Å². The number of nitrogens with zero attached hydrogens (tertiary/aromatic N) is 1. The highest BCUT2D eigenvalue weighted by Gasteiger charge is 1.99. The topological polar surface area (TPSA) is 37.0 Å². The first-order valence-electron chi connectivity index (χ1n) is 4.70. The molecule has 1 heterocycles. The maximum Gasteiger partial charge on any atom is 0.170 e. The summed E-state index contributed by atoms with van der Waals surface area (Å²) in [6.45, 7) is 4.95. The number of rotatable bonds is 3. The van der Waals surface area contributed by atoms with Crippen LogP contribution in [0.4, 0.5) is 5.69 Å². The molecule has 0 saturated carbocycles. The van der Waals surface area contributed by atoms with Crippen LogP contribution in [0.3, 0.4) is 0 Å². The Kier molecular flexibility index (Phi) is 4.32. The van der Waals surface area contributed by atoms with E-state index in [9.17, 15) is 0 Å². The maximum atomic E-state index is 5.11. The highest BCUT2D eigenvalue weighted by Crippen LogP contribution is 2.09. The molecule has 0 spiro atoms. The smallest absolute Gasteiger partial charge is 0.170 e. The maximum absolute atomic E-state index is 5.11. The first-order valence-corrected chi connectivity index (χ1v) is 5.11. The van der Waals surface area contributed by atoms with E-state index in [2.05, 4.69) is 22.5 Å². The van der Waals surface area contributed by atoms with Crippen LogP contribution in [-0.4, -0.2) is 16.6 Å². The Bertz CT molecular complexity index is 312. The van der Waals surface area contributed by atoms with E-state index in [1.54, 1.807) is 6.20 Å². The van der Waals surface area contributed by atoms with Gasteiger partial charge in [0.15, 0.2) is 5.11 Å². The molecule has 2 N–H and O–H groups in total. The van der Waals surface area contributed by atoms with Gasteiger partial charge in [0, 0.05) is 12.7 Å². The van der Waals surface area contributed by atoms with Crippen LogP contribution in [0.25, 0.3) is 0 Å². The van der Waals surface area contributed by atoms with Crippen molar-refractivity contribution in [2.45, 2.75) is 20.3 Å². The third kappa shape index (κ3) is 3.30. The third-order valence-electron chi connectivity index (χ3n) is 1.79. The second-order valence-corrected chi connectivity index (χ2v) is 3.43. The average Bonchev–Trinajstić information content (AvgIpc) is 2.18. The predicted octanol–water partition coefficient (Wildman–Crippen LogP) is 2.09. The van der Waals surface area contributed by atoms with E-state index in [4.69, 9.17) is 12.2 Å². The molecule has 0 atom stereocenters. The molecule has 0 fully saturated rings. The molecule has 0 aliphatic carbocycles. The van der Waals surface area contributed by atoms with Crippen LogP contribution in [0.5, 0.6) is 0 Å². The lowest BCUT2D eigenvalue weighted by atomic mass is 10.3. The number of aryl methyl sites for hydroxylation is 1. The Morgan fingerprint density at radius 1 is 1.57 bits per heavy atom. The lowest BCUT2D eigenvalue weighted by Crippen LogP contribution is -2.29. The molecule has 0 aliphatic rings. The van der Waals surface area contributed by atoms with Gasteiger partial charge < -0.3 is 10.6 Å².